The summed E-state index contributed by atoms with van der Waals surface area (Å²) in [5.41, 5.74) is 2.91. The van der Waals surface area contributed by atoms with Crippen molar-refractivity contribution in [2.24, 2.45) is 7.05 Å². The Labute approximate surface area is 117 Å². The molecule has 1 aliphatic heterocycles. The predicted molar refractivity (Wildman–Crippen MR) is 75.9 cm³/mol. The lowest BCUT2D eigenvalue weighted by Crippen LogP contribution is -2.23. The molecule has 0 amide bonds. The van der Waals surface area contributed by atoms with Crippen molar-refractivity contribution in [2.75, 3.05) is 11.9 Å². The molecule has 0 aliphatic carbocycles. The van der Waals surface area contributed by atoms with Crippen molar-refractivity contribution in [3.05, 3.63) is 41.7 Å². The van der Waals surface area contributed by atoms with Crippen molar-refractivity contribution in [1.82, 2.24) is 14.5 Å². The minimum atomic E-state index is -3.49. The molecule has 2 aromatic rings. The molecule has 2 N–H and O–H groups in total. The quantitative estimate of drug-likeness (QED) is 0.876. The van der Waals surface area contributed by atoms with Crippen LogP contribution in [0.5, 0.6) is 0 Å². The van der Waals surface area contributed by atoms with Crippen molar-refractivity contribution in [3.63, 3.8) is 0 Å². The van der Waals surface area contributed by atoms with Crippen LogP contribution in [-0.4, -0.2) is 24.7 Å². The summed E-state index contributed by atoms with van der Waals surface area (Å²) in [4.78, 5) is 0.309. The van der Waals surface area contributed by atoms with E-state index in [1.807, 2.05) is 6.07 Å². The summed E-state index contributed by atoms with van der Waals surface area (Å²) in [6.07, 6.45) is 4.30. The van der Waals surface area contributed by atoms with Crippen molar-refractivity contribution in [1.29, 1.82) is 0 Å². The molecule has 0 spiro atoms. The molecule has 106 valence electrons. The molecule has 2 heterocycles. The number of nitrogens with one attached hydrogen (secondary N) is 2. The van der Waals surface area contributed by atoms with Gasteiger partial charge in [-0.05, 0) is 30.2 Å². The van der Waals surface area contributed by atoms with E-state index in [0.29, 0.717) is 4.90 Å². The Balaban J connectivity index is 1.78. The van der Waals surface area contributed by atoms with Gasteiger partial charge in [0.05, 0.1) is 11.1 Å². The third kappa shape index (κ3) is 2.54. The van der Waals surface area contributed by atoms with Gasteiger partial charge in [-0.25, -0.2) is 13.1 Å². The molecule has 1 aromatic carbocycles. The van der Waals surface area contributed by atoms with Crippen molar-refractivity contribution >= 4 is 15.7 Å². The topological polar surface area (TPSA) is 76.0 Å². The lowest BCUT2D eigenvalue weighted by atomic mass is 10.2. The largest absolute Gasteiger partial charge is 0.384 e. The van der Waals surface area contributed by atoms with Crippen LogP contribution in [0.15, 0.2) is 35.5 Å². The van der Waals surface area contributed by atoms with E-state index >= 15 is 0 Å². The summed E-state index contributed by atoms with van der Waals surface area (Å²) in [6.45, 7) is 1.10. The predicted octanol–water partition coefficient (Wildman–Crippen LogP) is 0.867. The average molecular weight is 292 g/mol. The number of rotatable bonds is 4. The highest BCUT2D eigenvalue weighted by molar-refractivity contribution is 7.89. The van der Waals surface area contributed by atoms with Crippen LogP contribution in [0.3, 0.4) is 0 Å². The fourth-order valence-electron chi connectivity index (χ4n) is 2.27. The molecule has 1 aromatic heterocycles. The number of aryl methyl sites for hydroxylation is 1. The van der Waals surface area contributed by atoms with Gasteiger partial charge in [-0.3, -0.25) is 4.68 Å². The molecule has 1 aliphatic rings. The minimum Gasteiger partial charge on any atom is -0.384 e. The number of hydrogen-bond donors (Lipinski definition) is 2. The molecule has 6 nitrogen and oxygen atoms in total. The fraction of sp³-hybridized carbons (Fsp3) is 0.308. The van der Waals surface area contributed by atoms with Gasteiger partial charge in [-0.1, -0.05) is 0 Å². The first-order valence-corrected chi connectivity index (χ1v) is 7.87. The number of nitrogens with zero attached hydrogens (tertiary/aromatic N) is 2. The maximum Gasteiger partial charge on any atom is 0.240 e. The summed E-state index contributed by atoms with van der Waals surface area (Å²) in [6, 6.07) is 5.19. The Bertz CT molecular complexity index is 737. The first-order chi connectivity index (χ1) is 9.54. The Kier molecular flexibility index (Phi) is 3.23. The number of anilines is 1. The second-order valence-corrected chi connectivity index (χ2v) is 6.61. The highest BCUT2D eigenvalue weighted by Gasteiger charge is 2.18. The first kappa shape index (κ1) is 13.1. The van der Waals surface area contributed by atoms with Gasteiger partial charge in [0.15, 0.2) is 0 Å². The first-order valence-electron chi connectivity index (χ1n) is 6.38. The van der Waals surface area contributed by atoms with E-state index in [0.717, 1.165) is 29.8 Å². The van der Waals surface area contributed by atoms with E-state index in [-0.39, 0.29) is 6.54 Å². The van der Waals surface area contributed by atoms with Crippen molar-refractivity contribution in [2.45, 2.75) is 17.9 Å². The number of hydrogen-bond acceptors (Lipinski definition) is 4. The van der Waals surface area contributed by atoms with Crippen LogP contribution in [0.25, 0.3) is 0 Å². The number of sulfonamides is 1. The van der Waals surface area contributed by atoms with Crippen LogP contribution in [0, 0.1) is 0 Å². The SMILES string of the molecule is Cn1cc(CNS(=O)(=O)c2ccc3c(c2)CCN3)cn1. The molecule has 0 bridgehead atoms. The molecule has 0 radical (unpaired) electrons. The summed E-state index contributed by atoms with van der Waals surface area (Å²) in [5, 5.41) is 7.22. The summed E-state index contributed by atoms with van der Waals surface area (Å²) >= 11 is 0. The van der Waals surface area contributed by atoms with Crippen LogP contribution < -0.4 is 10.0 Å². The van der Waals surface area contributed by atoms with E-state index in [2.05, 4.69) is 15.1 Å². The summed E-state index contributed by atoms with van der Waals surface area (Å²) in [7, 11) is -1.69. The van der Waals surface area contributed by atoms with Crippen LogP contribution in [0.1, 0.15) is 11.1 Å². The molecule has 0 saturated heterocycles. The molecule has 0 saturated carbocycles. The van der Waals surface area contributed by atoms with Gasteiger partial charge in [0.25, 0.3) is 0 Å². The van der Waals surface area contributed by atoms with E-state index in [9.17, 15) is 8.42 Å². The van der Waals surface area contributed by atoms with Gasteiger partial charge in [0, 0.05) is 37.6 Å². The minimum absolute atomic E-state index is 0.242. The van der Waals surface area contributed by atoms with E-state index in [1.54, 1.807) is 36.3 Å². The molecular weight excluding hydrogens is 276 g/mol. The van der Waals surface area contributed by atoms with Crippen LogP contribution in [-0.2, 0) is 30.0 Å². The Hall–Kier alpha value is -1.86. The average Bonchev–Trinajstić information content (AvgIpc) is 3.04. The van der Waals surface area contributed by atoms with Crippen LogP contribution >= 0.6 is 0 Å². The monoisotopic (exact) mass is 292 g/mol. The van der Waals surface area contributed by atoms with Gasteiger partial charge in [0.1, 0.15) is 0 Å². The zero-order chi connectivity index (χ0) is 14.2. The van der Waals surface area contributed by atoms with E-state index in [4.69, 9.17) is 0 Å². The van der Waals surface area contributed by atoms with Gasteiger partial charge >= 0.3 is 0 Å². The molecular formula is C13H16N4O2S. The highest BCUT2D eigenvalue weighted by Crippen LogP contribution is 2.25. The normalized spacial score (nSPS) is 14.1. The van der Waals surface area contributed by atoms with Gasteiger partial charge in [-0.15, -0.1) is 0 Å². The maximum absolute atomic E-state index is 12.3. The van der Waals surface area contributed by atoms with E-state index < -0.39 is 10.0 Å². The Morgan fingerprint density at radius 2 is 2.30 bits per heavy atom. The van der Waals surface area contributed by atoms with Gasteiger partial charge in [0.2, 0.25) is 10.0 Å². The smallest absolute Gasteiger partial charge is 0.240 e. The number of aromatic nitrogens is 2. The Morgan fingerprint density at radius 1 is 1.45 bits per heavy atom. The van der Waals surface area contributed by atoms with Crippen LogP contribution in [0.4, 0.5) is 5.69 Å². The zero-order valence-electron chi connectivity index (χ0n) is 11.1. The number of benzene rings is 1. The standard InChI is InChI=1S/C13H16N4O2S/c1-17-9-10(7-15-17)8-16-20(18,19)12-2-3-13-11(6-12)4-5-14-13/h2-3,6-7,9,14,16H,4-5,8H2,1H3. The lowest BCUT2D eigenvalue weighted by Gasteiger charge is -2.07. The summed E-state index contributed by atoms with van der Waals surface area (Å²) in [5.74, 6) is 0. The van der Waals surface area contributed by atoms with Crippen LogP contribution in [0.2, 0.25) is 0 Å². The second kappa shape index (κ2) is 4.92. The molecule has 0 fully saturated rings. The van der Waals surface area contributed by atoms with Crippen molar-refractivity contribution in [3.8, 4) is 0 Å². The fourth-order valence-corrected chi connectivity index (χ4v) is 3.34. The molecule has 0 unspecified atom stereocenters. The van der Waals surface area contributed by atoms with Gasteiger partial charge in [-0.2, -0.15) is 5.10 Å². The van der Waals surface area contributed by atoms with E-state index in [1.165, 1.54) is 0 Å². The molecule has 20 heavy (non-hydrogen) atoms. The molecule has 0 atom stereocenters. The van der Waals surface area contributed by atoms with Gasteiger partial charge < -0.3 is 5.32 Å². The highest BCUT2D eigenvalue weighted by atomic mass is 32.2. The zero-order valence-corrected chi connectivity index (χ0v) is 11.9. The Morgan fingerprint density at radius 3 is 3.05 bits per heavy atom. The number of fused-ring (bicyclic) bond motifs is 1. The van der Waals surface area contributed by atoms with Crippen molar-refractivity contribution < 1.29 is 8.42 Å². The third-order valence-electron chi connectivity index (χ3n) is 3.32. The second-order valence-electron chi connectivity index (χ2n) is 4.84. The lowest BCUT2D eigenvalue weighted by molar-refractivity contribution is 0.581. The molecule has 3 rings (SSSR count). The maximum atomic E-state index is 12.3. The summed E-state index contributed by atoms with van der Waals surface area (Å²) < 4.78 is 28.7. The third-order valence-corrected chi connectivity index (χ3v) is 4.72. The molecule has 7 heteroatoms.